The lowest BCUT2D eigenvalue weighted by atomic mass is 10.2. The van der Waals surface area contributed by atoms with Crippen molar-refractivity contribution in [2.75, 3.05) is 6.61 Å². The monoisotopic (exact) mass is 281 g/mol. The smallest absolute Gasteiger partial charge is 0.220 e. The zero-order valence-electron chi connectivity index (χ0n) is 11.4. The van der Waals surface area contributed by atoms with Crippen LogP contribution in [0, 0.1) is 0 Å². The third kappa shape index (κ3) is 3.11. The van der Waals surface area contributed by atoms with E-state index in [4.69, 9.17) is 9.47 Å². The third-order valence-electron chi connectivity index (χ3n) is 3.19. The first kappa shape index (κ1) is 13.4. The number of nitrogens with zero attached hydrogens (tertiary/aromatic N) is 1. The summed E-state index contributed by atoms with van der Waals surface area (Å²) >= 11 is 0. The first-order valence-corrected chi connectivity index (χ1v) is 6.79. The Morgan fingerprint density at radius 3 is 2.67 bits per heavy atom. The van der Waals surface area contributed by atoms with E-state index in [1.807, 2.05) is 54.6 Å². The van der Waals surface area contributed by atoms with Crippen LogP contribution >= 0.6 is 0 Å². The van der Waals surface area contributed by atoms with Crippen LogP contribution in [0.25, 0.3) is 0 Å². The fourth-order valence-corrected chi connectivity index (χ4v) is 2.11. The average Bonchev–Trinajstić information content (AvgIpc) is 3.03. The molecule has 21 heavy (non-hydrogen) atoms. The number of ether oxygens (including phenoxy) is 2. The molecular weight excluding hydrogens is 266 g/mol. The zero-order chi connectivity index (χ0) is 14.5. The van der Waals surface area contributed by atoms with Crippen molar-refractivity contribution in [2.24, 2.45) is 4.99 Å². The maximum Gasteiger partial charge on any atom is 0.220 e. The van der Waals surface area contributed by atoms with Gasteiger partial charge in [0.25, 0.3) is 0 Å². The molecule has 0 saturated heterocycles. The molecule has 1 atom stereocenters. The predicted molar refractivity (Wildman–Crippen MR) is 79.6 cm³/mol. The minimum Gasteiger partial charge on any atom is -0.488 e. The van der Waals surface area contributed by atoms with Gasteiger partial charge in [-0.1, -0.05) is 42.5 Å². The van der Waals surface area contributed by atoms with E-state index >= 15 is 0 Å². The van der Waals surface area contributed by atoms with Crippen molar-refractivity contribution in [3.63, 3.8) is 0 Å². The van der Waals surface area contributed by atoms with E-state index in [2.05, 4.69) is 4.99 Å². The van der Waals surface area contributed by atoms with Gasteiger partial charge in [-0.15, -0.1) is 0 Å². The summed E-state index contributed by atoms with van der Waals surface area (Å²) in [5.41, 5.74) is 1.87. The van der Waals surface area contributed by atoms with Crippen LogP contribution in [-0.2, 0) is 16.1 Å². The molecule has 3 rings (SSSR count). The zero-order valence-corrected chi connectivity index (χ0v) is 11.4. The van der Waals surface area contributed by atoms with E-state index in [-0.39, 0.29) is 0 Å². The fourth-order valence-electron chi connectivity index (χ4n) is 2.11. The maximum atomic E-state index is 10.8. The number of carbonyl (C=O) groups is 1. The summed E-state index contributed by atoms with van der Waals surface area (Å²) in [7, 11) is 0. The standard InChI is InChI=1S/C17H15NO3/c19-10-14-12-21-17(18-14)15-8-4-5-9-16(15)20-11-13-6-2-1-3-7-13/h1-10,14H,11-12H2. The molecule has 1 heterocycles. The van der Waals surface area contributed by atoms with Gasteiger partial charge >= 0.3 is 0 Å². The molecule has 0 bridgehead atoms. The molecular formula is C17H15NO3. The molecule has 1 unspecified atom stereocenters. The second-order valence-electron chi connectivity index (χ2n) is 4.72. The Morgan fingerprint density at radius 2 is 1.90 bits per heavy atom. The Kier molecular flexibility index (Phi) is 3.96. The van der Waals surface area contributed by atoms with Gasteiger partial charge in [0.1, 0.15) is 31.3 Å². The Morgan fingerprint density at radius 1 is 1.14 bits per heavy atom. The number of carbonyl (C=O) groups excluding carboxylic acids is 1. The largest absolute Gasteiger partial charge is 0.488 e. The number of para-hydroxylation sites is 1. The van der Waals surface area contributed by atoms with Crippen molar-refractivity contribution in [1.82, 2.24) is 0 Å². The van der Waals surface area contributed by atoms with Gasteiger partial charge in [0.05, 0.1) is 5.56 Å². The minimum atomic E-state index is -0.415. The molecule has 1 aliphatic rings. The van der Waals surface area contributed by atoms with Crippen molar-refractivity contribution in [3.8, 4) is 5.75 Å². The van der Waals surface area contributed by atoms with Crippen LogP contribution in [0.4, 0.5) is 0 Å². The summed E-state index contributed by atoms with van der Waals surface area (Å²) in [6, 6.07) is 17.1. The summed E-state index contributed by atoms with van der Waals surface area (Å²) in [6.07, 6.45) is 0.792. The molecule has 2 aromatic rings. The second-order valence-corrected chi connectivity index (χ2v) is 4.72. The van der Waals surface area contributed by atoms with Crippen molar-refractivity contribution >= 4 is 12.2 Å². The Hall–Kier alpha value is -2.62. The first-order chi connectivity index (χ1) is 10.4. The molecule has 0 aromatic heterocycles. The quantitative estimate of drug-likeness (QED) is 0.791. The average molecular weight is 281 g/mol. The molecule has 1 aliphatic heterocycles. The second kappa shape index (κ2) is 6.22. The Balaban J connectivity index is 1.79. The highest BCUT2D eigenvalue weighted by Crippen LogP contribution is 2.23. The van der Waals surface area contributed by atoms with Crippen molar-refractivity contribution < 1.29 is 14.3 Å². The molecule has 106 valence electrons. The highest BCUT2D eigenvalue weighted by molar-refractivity contribution is 5.98. The van der Waals surface area contributed by atoms with Gasteiger partial charge in [-0.3, -0.25) is 0 Å². The molecule has 4 nitrogen and oxygen atoms in total. The van der Waals surface area contributed by atoms with Gasteiger partial charge in [0.15, 0.2) is 0 Å². The van der Waals surface area contributed by atoms with Gasteiger partial charge in [-0.2, -0.15) is 0 Å². The first-order valence-electron chi connectivity index (χ1n) is 6.79. The normalized spacial score (nSPS) is 17.0. The predicted octanol–water partition coefficient (Wildman–Crippen LogP) is 2.61. The van der Waals surface area contributed by atoms with Crippen molar-refractivity contribution in [1.29, 1.82) is 0 Å². The molecule has 0 aliphatic carbocycles. The van der Waals surface area contributed by atoms with Crippen LogP contribution in [0.15, 0.2) is 59.6 Å². The molecule has 0 spiro atoms. The molecule has 2 aromatic carbocycles. The van der Waals surface area contributed by atoms with E-state index in [0.717, 1.165) is 17.4 Å². The van der Waals surface area contributed by atoms with Crippen LogP contribution in [0.1, 0.15) is 11.1 Å². The minimum absolute atomic E-state index is 0.297. The number of benzene rings is 2. The fraction of sp³-hybridized carbons (Fsp3) is 0.176. The summed E-state index contributed by atoms with van der Waals surface area (Å²) in [5.74, 6) is 1.17. The van der Waals surface area contributed by atoms with Crippen LogP contribution in [0.2, 0.25) is 0 Å². The third-order valence-corrected chi connectivity index (χ3v) is 3.19. The van der Waals surface area contributed by atoms with Crippen LogP contribution in [0.3, 0.4) is 0 Å². The van der Waals surface area contributed by atoms with Crippen molar-refractivity contribution in [3.05, 3.63) is 65.7 Å². The lowest BCUT2D eigenvalue weighted by Crippen LogP contribution is -2.07. The SMILES string of the molecule is O=CC1COC(c2ccccc2OCc2ccccc2)=N1. The van der Waals surface area contributed by atoms with Gasteiger partial charge in [0, 0.05) is 0 Å². The van der Waals surface area contributed by atoms with Crippen LogP contribution in [-0.4, -0.2) is 24.8 Å². The van der Waals surface area contributed by atoms with E-state index < -0.39 is 6.04 Å². The molecule has 0 N–H and O–H groups in total. The molecule has 0 fully saturated rings. The number of aliphatic imine (C=N–C) groups is 1. The van der Waals surface area contributed by atoms with E-state index in [1.165, 1.54) is 0 Å². The van der Waals surface area contributed by atoms with Crippen LogP contribution < -0.4 is 4.74 Å². The molecule has 0 radical (unpaired) electrons. The molecule has 0 saturated carbocycles. The van der Waals surface area contributed by atoms with Gasteiger partial charge in [-0.05, 0) is 17.7 Å². The number of rotatable bonds is 5. The Bertz CT molecular complexity index is 652. The van der Waals surface area contributed by atoms with Gasteiger partial charge < -0.3 is 14.3 Å². The van der Waals surface area contributed by atoms with E-state index in [1.54, 1.807) is 0 Å². The number of hydrogen-bond donors (Lipinski definition) is 0. The van der Waals surface area contributed by atoms with E-state index in [0.29, 0.717) is 24.9 Å². The lowest BCUT2D eigenvalue weighted by molar-refractivity contribution is -0.109. The van der Waals surface area contributed by atoms with E-state index in [9.17, 15) is 4.79 Å². The maximum absolute atomic E-state index is 10.8. The topological polar surface area (TPSA) is 47.9 Å². The van der Waals surface area contributed by atoms with Gasteiger partial charge in [-0.25, -0.2) is 4.99 Å². The number of hydrogen-bond acceptors (Lipinski definition) is 4. The summed E-state index contributed by atoms with van der Waals surface area (Å²) < 4.78 is 11.3. The highest BCUT2D eigenvalue weighted by Gasteiger charge is 2.21. The lowest BCUT2D eigenvalue weighted by Gasteiger charge is -2.11. The summed E-state index contributed by atoms with van der Waals surface area (Å²) in [4.78, 5) is 15.0. The van der Waals surface area contributed by atoms with Crippen LogP contribution in [0.5, 0.6) is 5.75 Å². The summed E-state index contributed by atoms with van der Waals surface area (Å²) in [5, 5.41) is 0. The van der Waals surface area contributed by atoms with Gasteiger partial charge in [0.2, 0.25) is 5.90 Å². The molecule has 0 amide bonds. The van der Waals surface area contributed by atoms with Crippen molar-refractivity contribution in [2.45, 2.75) is 12.6 Å². The Labute approximate surface area is 123 Å². The summed E-state index contributed by atoms with van der Waals surface area (Å²) in [6.45, 7) is 0.772. The molecule has 4 heteroatoms. The number of aldehydes is 1. The highest BCUT2D eigenvalue weighted by atomic mass is 16.5.